The van der Waals surface area contributed by atoms with Gasteiger partial charge in [-0.25, -0.2) is 4.79 Å². The Hall–Kier alpha value is -0.940. The number of alkyl halides is 1. The molecule has 1 heterocycles. The number of hydrogen-bond donors (Lipinski definition) is 2. The van der Waals surface area contributed by atoms with Gasteiger partial charge in [-0.3, -0.25) is 4.79 Å². The largest absolute Gasteiger partial charge is 0.444 e. The van der Waals surface area contributed by atoms with Crippen molar-refractivity contribution in [1.82, 2.24) is 5.32 Å². The van der Waals surface area contributed by atoms with Gasteiger partial charge in [0, 0.05) is 0 Å². The van der Waals surface area contributed by atoms with Gasteiger partial charge < -0.3 is 10.1 Å². The summed E-state index contributed by atoms with van der Waals surface area (Å²) < 4.78 is 5.17. The zero-order chi connectivity index (χ0) is 14.6. The molecule has 19 heavy (non-hydrogen) atoms. The van der Waals surface area contributed by atoms with Crippen LogP contribution in [0.3, 0.4) is 0 Å². The summed E-state index contributed by atoms with van der Waals surface area (Å²) in [6.45, 7) is 6.92. The average Bonchev–Trinajstić information content (AvgIpc) is 2.75. The lowest BCUT2D eigenvalue weighted by molar-refractivity contribution is -0.118. The van der Waals surface area contributed by atoms with Gasteiger partial charge in [-0.1, -0.05) is 12.2 Å². The quantitative estimate of drug-likeness (QED) is 0.620. The fourth-order valence-corrected chi connectivity index (χ4v) is 3.47. The first-order valence-electron chi connectivity index (χ1n) is 6.00. The van der Waals surface area contributed by atoms with Crippen LogP contribution >= 0.6 is 22.5 Å². The number of carbonyl (C=O) groups excluding carboxylic acids is 2. The van der Waals surface area contributed by atoms with E-state index in [0.717, 1.165) is 0 Å². The molecule has 4 nitrogen and oxygen atoms in total. The lowest BCUT2D eigenvalue weighted by Crippen LogP contribution is -2.44. The fraction of sp³-hybridized carbons (Fsp3) is 0.538. The van der Waals surface area contributed by atoms with E-state index < -0.39 is 33.3 Å². The summed E-state index contributed by atoms with van der Waals surface area (Å²) >= 11 is 5.84. The highest BCUT2D eigenvalue weighted by Crippen LogP contribution is 2.38. The third-order valence-electron chi connectivity index (χ3n) is 2.24. The number of halogens is 1. The Bertz CT molecular complexity index is 401. The van der Waals surface area contributed by atoms with Crippen molar-refractivity contribution >= 4 is 34.4 Å². The van der Waals surface area contributed by atoms with E-state index in [1.165, 1.54) is 0 Å². The van der Waals surface area contributed by atoms with E-state index in [1.807, 2.05) is 23.0 Å². The van der Waals surface area contributed by atoms with Gasteiger partial charge >= 0.3 is 6.09 Å². The first kappa shape index (κ1) is 16.1. The van der Waals surface area contributed by atoms with E-state index in [2.05, 4.69) is 5.32 Å². The molecule has 0 bridgehead atoms. The smallest absolute Gasteiger partial charge is 0.408 e. The molecule has 0 saturated heterocycles. The molecule has 0 saturated carbocycles. The van der Waals surface area contributed by atoms with Gasteiger partial charge in [-0.15, -0.1) is 11.6 Å². The van der Waals surface area contributed by atoms with Crippen LogP contribution < -0.4 is 5.32 Å². The number of Topliss-reactive ketones (excluding diaryl/α,β-unsaturated/α-hetero) is 1. The molecule has 1 unspecified atom stereocenters. The maximum absolute atomic E-state index is 12.1. The standard InChI is InChI=1S/C13H20ClNO3S/c1-9(14)10(16)11(19-7-5-6-8-19)15-12(17)18-13(2,3)4/h5-9,11,19H,1-4H3,(H,15,17)/t9-,11?/m1/s1. The van der Waals surface area contributed by atoms with Crippen molar-refractivity contribution in [2.24, 2.45) is 0 Å². The zero-order valence-corrected chi connectivity index (χ0v) is 13.2. The predicted octanol–water partition coefficient (Wildman–Crippen LogP) is 3.08. The van der Waals surface area contributed by atoms with E-state index in [0.29, 0.717) is 0 Å². The van der Waals surface area contributed by atoms with Gasteiger partial charge in [0.1, 0.15) is 11.0 Å². The molecule has 1 aliphatic rings. The molecule has 2 atom stereocenters. The van der Waals surface area contributed by atoms with E-state index in [1.54, 1.807) is 27.7 Å². The summed E-state index contributed by atoms with van der Waals surface area (Å²) in [5.74, 6) is -0.199. The van der Waals surface area contributed by atoms with E-state index in [-0.39, 0.29) is 5.78 Å². The third-order valence-corrected chi connectivity index (χ3v) is 4.47. The number of ether oxygens (including phenoxy) is 1. The Morgan fingerprint density at radius 2 is 1.79 bits per heavy atom. The summed E-state index contributed by atoms with van der Waals surface area (Å²) in [7, 11) is -0.862. The lowest BCUT2D eigenvalue weighted by atomic mass is 10.2. The van der Waals surface area contributed by atoms with Crippen molar-refractivity contribution in [3.63, 3.8) is 0 Å². The number of nitrogens with one attached hydrogen (secondary N) is 1. The third kappa shape index (κ3) is 5.28. The Balaban J connectivity index is 2.75. The maximum atomic E-state index is 12.1. The molecule has 1 aliphatic heterocycles. The number of amides is 1. The van der Waals surface area contributed by atoms with Gasteiger partial charge in [-0.05, 0) is 38.5 Å². The second-order valence-electron chi connectivity index (χ2n) is 5.20. The van der Waals surface area contributed by atoms with Crippen molar-refractivity contribution in [2.45, 2.75) is 44.0 Å². The van der Waals surface area contributed by atoms with E-state index >= 15 is 0 Å². The molecule has 0 aliphatic carbocycles. The molecule has 0 aromatic heterocycles. The molecule has 1 amide bonds. The molecule has 0 aromatic rings. The number of thiol groups is 1. The highest BCUT2D eigenvalue weighted by Gasteiger charge is 2.30. The van der Waals surface area contributed by atoms with Crippen LogP contribution in [-0.4, -0.2) is 28.2 Å². The summed E-state index contributed by atoms with van der Waals surface area (Å²) in [5, 5.41) is 5.17. The number of ketones is 1. The van der Waals surface area contributed by atoms with Gasteiger partial charge in [0.05, 0.1) is 5.38 Å². The average molecular weight is 306 g/mol. The minimum atomic E-state index is -0.862. The summed E-state index contributed by atoms with van der Waals surface area (Å²) in [6, 6.07) is 0. The number of carbonyl (C=O) groups is 2. The minimum absolute atomic E-state index is 0.199. The van der Waals surface area contributed by atoms with Gasteiger partial charge in [-0.2, -0.15) is 10.9 Å². The van der Waals surface area contributed by atoms with Gasteiger partial charge in [0.25, 0.3) is 0 Å². The maximum Gasteiger partial charge on any atom is 0.408 e. The first-order chi connectivity index (χ1) is 8.70. The van der Waals surface area contributed by atoms with Crippen molar-refractivity contribution < 1.29 is 14.3 Å². The molecule has 1 rings (SSSR count). The molecule has 0 fully saturated rings. The van der Waals surface area contributed by atoms with Gasteiger partial charge in [0.2, 0.25) is 0 Å². The van der Waals surface area contributed by atoms with Crippen molar-refractivity contribution in [1.29, 1.82) is 0 Å². The summed E-state index contributed by atoms with van der Waals surface area (Å²) in [6.07, 6.45) is 3.13. The molecule has 1 N–H and O–H groups in total. The lowest BCUT2D eigenvalue weighted by Gasteiger charge is -2.27. The van der Waals surface area contributed by atoms with Crippen molar-refractivity contribution in [3.8, 4) is 0 Å². The number of rotatable bonds is 4. The molecule has 0 aromatic carbocycles. The van der Waals surface area contributed by atoms with Crippen LogP contribution in [0.15, 0.2) is 23.0 Å². The van der Waals surface area contributed by atoms with Crippen molar-refractivity contribution in [3.05, 3.63) is 23.0 Å². The Morgan fingerprint density at radius 3 is 2.21 bits per heavy atom. The van der Waals surface area contributed by atoms with Gasteiger partial charge in [0.15, 0.2) is 5.78 Å². The number of hydrogen-bond acceptors (Lipinski definition) is 3. The number of allylic oxidation sites excluding steroid dienone is 2. The molecule has 0 radical (unpaired) electrons. The van der Waals surface area contributed by atoms with Crippen LogP contribution in [0.25, 0.3) is 0 Å². The Morgan fingerprint density at radius 1 is 1.26 bits per heavy atom. The monoisotopic (exact) mass is 305 g/mol. The normalized spacial score (nSPS) is 19.1. The second kappa shape index (κ2) is 6.48. The van der Waals surface area contributed by atoms with Crippen LogP contribution in [0.4, 0.5) is 4.79 Å². The molecular formula is C13H20ClNO3S. The fourth-order valence-electron chi connectivity index (χ4n) is 1.45. The molecule has 6 heteroatoms. The van der Waals surface area contributed by atoms with Crippen LogP contribution in [0, 0.1) is 0 Å². The minimum Gasteiger partial charge on any atom is -0.444 e. The highest BCUT2D eigenvalue weighted by molar-refractivity contribution is 8.23. The molecule has 108 valence electrons. The zero-order valence-electron chi connectivity index (χ0n) is 11.5. The summed E-state index contributed by atoms with van der Waals surface area (Å²) in [5.41, 5.74) is -0.598. The summed E-state index contributed by atoms with van der Waals surface area (Å²) in [4.78, 5) is 23.9. The van der Waals surface area contributed by atoms with Crippen LogP contribution in [0.5, 0.6) is 0 Å². The van der Waals surface area contributed by atoms with Crippen LogP contribution in [0.2, 0.25) is 0 Å². The SMILES string of the molecule is C[C@@H](Cl)C(=O)C(NC(=O)OC(C)(C)C)[SH]1C=CC=C1. The molecular weight excluding hydrogens is 286 g/mol. The van der Waals surface area contributed by atoms with Crippen LogP contribution in [-0.2, 0) is 9.53 Å². The highest BCUT2D eigenvalue weighted by atomic mass is 35.5. The second-order valence-corrected chi connectivity index (χ2v) is 7.86. The topological polar surface area (TPSA) is 55.4 Å². The van der Waals surface area contributed by atoms with Crippen molar-refractivity contribution in [2.75, 3.05) is 0 Å². The Kier molecular flexibility index (Phi) is 5.50. The van der Waals surface area contributed by atoms with E-state index in [4.69, 9.17) is 16.3 Å². The number of alkyl carbamates (subject to hydrolysis) is 1. The predicted molar refractivity (Wildman–Crippen MR) is 80.7 cm³/mol. The molecule has 0 spiro atoms. The van der Waals surface area contributed by atoms with E-state index in [9.17, 15) is 9.59 Å². The van der Waals surface area contributed by atoms with Crippen LogP contribution in [0.1, 0.15) is 27.7 Å². The first-order valence-corrected chi connectivity index (χ1v) is 7.99. The Labute approximate surface area is 121 Å².